The van der Waals surface area contributed by atoms with Gasteiger partial charge in [0, 0.05) is 38.9 Å². The van der Waals surface area contributed by atoms with E-state index in [0.717, 1.165) is 97.1 Å². The van der Waals surface area contributed by atoms with Gasteiger partial charge in [0.25, 0.3) is 0 Å². The molecule has 0 aromatic carbocycles. The Hall–Kier alpha value is -1.75. The quantitative estimate of drug-likeness (QED) is 0.0260. The molecule has 0 spiro atoms. The number of hydrogen-bond donors (Lipinski definition) is 0. The van der Waals surface area contributed by atoms with Gasteiger partial charge in [-0.15, -0.1) is 0 Å². The normalized spacial score (nSPS) is 12.3. The summed E-state index contributed by atoms with van der Waals surface area (Å²) in [5.41, 5.74) is 0. The number of likely N-dealkylation sites (N-methyl/N-ethyl adjacent to an activating group) is 3. The number of rotatable bonds is 51. The van der Waals surface area contributed by atoms with Gasteiger partial charge in [-0.2, -0.15) is 0 Å². The van der Waals surface area contributed by atoms with Crippen molar-refractivity contribution in [3.8, 4) is 0 Å². The molecule has 0 rings (SSSR count). The van der Waals surface area contributed by atoms with E-state index in [4.69, 9.17) is 14.2 Å². The summed E-state index contributed by atoms with van der Waals surface area (Å²) in [7, 11) is 12.8. The van der Waals surface area contributed by atoms with Crippen LogP contribution in [0.25, 0.3) is 0 Å². The van der Waals surface area contributed by atoms with Crippen LogP contribution in [0.2, 0.25) is 0 Å². The van der Waals surface area contributed by atoms with Gasteiger partial charge in [0.15, 0.2) is 19.6 Å². The topological polar surface area (TPSA) is 82.1 Å². The maximum absolute atomic E-state index is 12.8. The lowest BCUT2D eigenvalue weighted by molar-refractivity contribution is -0.883. The van der Waals surface area contributed by atoms with Crippen LogP contribution in [-0.2, 0) is 28.6 Å². The first-order chi connectivity index (χ1) is 32.1. The number of esters is 3. The Kier molecular flexibility index (Phi) is 43.1. The van der Waals surface area contributed by atoms with Crippen molar-refractivity contribution < 1.29 is 42.0 Å². The second kappa shape index (κ2) is 44.2. The number of nitrogens with zero attached hydrogens (tertiary/aromatic N) is 4. The highest BCUT2D eigenvalue weighted by molar-refractivity contribution is 5.71. The molecule has 0 radical (unpaired) electrons. The molecule has 0 aromatic heterocycles. The van der Waals surface area contributed by atoms with E-state index in [-0.39, 0.29) is 17.9 Å². The molecular formula is C57H117N4O6+3. The Bertz CT molecular complexity index is 1010. The monoisotopic (exact) mass is 954 g/mol. The standard InChI is InChI=1S/C57H117N4O6/c1-10-13-16-19-22-25-28-31-34-37-49-65-55(62)52-59(4,5)46-40-43-58(44-41-47-60(6,7)53-56(63)66-50-38-35-32-29-26-23-20-17-14-11-2)45-42-48-61(8,9)54-57(64)67-51-39-36-33-30-27-24-21-18-15-12-3/h10-54H2,1-9H3/q+3. The number of quaternary nitrogens is 3. The molecular weight excluding hydrogens is 837 g/mol. The molecule has 0 amide bonds. The maximum atomic E-state index is 12.8. The number of carbonyl (C=O) groups is 3. The van der Waals surface area contributed by atoms with Gasteiger partial charge in [0.05, 0.1) is 81.7 Å². The Morgan fingerprint density at radius 1 is 0.299 bits per heavy atom. The lowest BCUT2D eigenvalue weighted by Crippen LogP contribution is -2.47. The summed E-state index contributed by atoms with van der Waals surface area (Å²) < 4.78 is 18.9. The molecule has 10 nitrogen and oxygen atoms in total. The Morgan fingerprint density at radius 3 is 0.701 bits per heavy atom. The highest BCUT2D eigenvalue weighted by Crippen LogP contribution is 2.14. The van der Waals surface area contributed by atoms with Crippen molar-refractivity contribution >= 4 is 17.9 Å². The summed E-state index contributed by atoms with van der Waals surface area (Å²) in [5.74, 6) is -0.287. The molecule has 0 aliphatic heterocycles. The highest BCUT2D eigenvalue weighted by atomic mass is 16.5. The summed E-state index contributed by atoms with van der Waals surface area (Å²) in [6.07, 6.45) is 41.0. The van der Waals surface area contributed by atoms with Gasteiger partial charge in [-0.25, -0.2) is 14.4 Å². The smallest absolute Gasteiger partial charge is 0.361 e. The zero-order valence-electron chi connectivity index (χ0n) is 46.6. The van der Waals surface area contributed by atoms with E-state index in [1.54, 1.807) is 0 Å². The first-order valence-corrected chi connectivity index (χ1v) is 28.8. The van der Waals surface area contributed by atoms with Gasteiger partial charge >= 0.3 is 17.9 Å². The van der Waals surface area contributed by atoms with Crippen LogP contribution in [0.1, 0.15) is 233 Å². The minimum Gasteiger partial charge on any atom is -0.462 e. The lowest BCUT2D eigenvalue weighted by atomic mass is 10.1. The third-order valence-corrected chi connectivity index (χ3v) is 13.7. The molecule has 0 fully saturated rings. The molecule has 0 bridgehead atoms. The van der Waals surface area contributed by atoms with Crippen LogP contribution in [0.4, 0.5) is 0 Å². The molecule has 0 aromatic rings. The minimum atomic E-state index is -0.0955. The minimum absolute atomic E-state index is 0.0955. The molecule has 10 heteroatoms. The van der Waals surface area contributed by atoms with Gasteiger partial charge in [-0.3, -0.25) is 0 Å². The Morgan fingerprint density at radius 2 is 0.493 bits per heavy atom. The zero-order chi connectivity index (χ0) is 49.8. The van der Waals surface area contributed by atoms with Gasteiger partial charge in [-0.05, 0) is 19.3 Å². The van der Waals surface area contributed by atoms with E-state index in [0.29, 0.717) is 52.9 Å². The number of hydrogen-bond acceptors (Lipinski definition) is 7. The van der Waals surface area contributed by atoms with Gasteiger partial charge < -0.3 is 32.6 Å². The number of unbranched alkanes of at least 4 members (excludes halogenated alkanes) is 27. The summed E-state index contributed by atoms with van der Waals surface area (Å²) in [5, 5.41) is 0. The van der Waals surface area contributed by atoms with Gasteiger partial charge in [0.2, 0.25) is 0 Å². The molecule has 0 saturated carbocycles. The largest absolute Gasteiger partial charge is 0.462 e. The predicted molar refractivity (Wildman–Crippen MR) is 284 cm³/mol. The summed E-state index contributed by atoms with van der Waals surface area (Å²) in [6, 6.07) is 0. The van der Waals surface area contributed by atoms with Crippen LogP contribution < -0.4 is 0 Å². The molecule has 0 aliphatic carbocycles. The summed E-state index contributed by atoms with van der Waals surface area (Å²) in [6.45, 7) is 15.0. The van der Waals surface area contributed by atoms with Crippen LogP contribution >= 0.6 is 0 Å². The van der Waals surface area contributed by atoms with E-state index < -0.39 is 0 Å². The molecule has 67 heavy (non-hydrogen) atoms. The fraction of sp³-hybridized carbons (Fsp3) is 0.947. The molecule has 0 saturated heterocycles. The van der Waals surface area contributed by atoms with Crippen molar-refractivity contribution in [3.63, 3.8) is 0 Å². The van der Waals surface area contributed by atoms with Crippen LogP contribution in [0.15, 0.2) is 0 Å². The molecule has 0 heterocycles. The van der Waals surface area contributed by atoms with Crippen molar-refractivity contribution in [2.45, 2.75) is 233 Å². The summed E-state index contributed by atoms with van der Waals surface area (Å²) in [4.78, 5) is 41.1. The fourth-order valence-corrected chi connectivity index (χ4v) is 9.25. The Labute approximate surface area is 417 Å². The maximum Gasteiger partial charge on any atom is 0.361 e. The third kappa shape index (κ3) is 46.4. The van der Waals surface area contributed by atoms with E-state index in [1.807, 2.05) is 0 Å². The average molecular weight is 955 g/mol. The first kappa shape index (κ1) is 65.2. The third-order valence-electron chi connectivity index (χ3n) is 13.7. The van der Waals surface area contributed by atoms with Crippen molar-refractivity contribution in [1.29, 1.82) is 0 Å². The SMILES string of the molecule is CCCCCCCCCCCCOC(=O)C[N+](C)(C)CCCN(CCC[N+](C)(C)CC(=O)OCCCCCCCCCCCC)CCC[N+](C)(C)CC(=O)OCCCCCCCCCCCC. The summed E-state index contributed by atoms with van der Waals surface area (Å²) >= 11 is 0. The lowest BCUT2D eigenvalue weighted by Gasteiger charge is -2.32. The fourth-order valence-electron chi connectivity index (χ4n) is 9.25. The van der Waals surface area contributed by atoms with E-state index in [1.165, 1.54) is 154 Å². The van der Waals surface area contributed by atoms with Crippen molar-refractivity contribution in [2.24, 2.45) is 0 Å². The zero-order valence-corrected chi connectivity index (χ0v) is 46.6. The second-order valence-corrected chi connectivity index (χ2v) is 22.6. The van der Waals surface area contributed by atoms with Crippen molar-refractivity contribution in [2.75, 3.05) is 121 Å². The van der Waals surface area contributed by atoms with Crippen LogP contribution in [-0.4, -0.2) is 157 Å². The van der Waals surface area contributed by atoms with Crippen molar-refractivity contribution in [1.82, 2.24) is 4.90 Å². The van der Waals surface area contributed by atoms with E-state index in [9.17, 15) is 14.4 Å². The number of ether oxygens (including phenoxy) is 3. The first-order valence-electron chi connectivity index (χ1n) is 28.8. The van der Waals surface area contributed by atoms with Crippen molar-refractivity contribution in [3.05, 3.63) is 0 Å². The molecule has 0 N–H and O–H groups in total. The van der Waals surface area contributed by atoms with Gasteiger partial charge in [-0.1, -0.05) is 194 Å². The predicted octanol–water partition coefficient (Wildman–Crippen LogP) is 13.1. The molecule has 0 unspecified atom stereocenters. The molecule has 0 aliphatic rings. The molecule has 398 valence electrons. The van der Waals surface area contributed by atoms with Crippen LogP contribution in [0.5, 0.6) is 0 Å². The average Bonchev–Trinajstić information content (AvgIpc) is 3.25. The Balaban J connectivity index is 4.87. The highest BCUT2D eigenvalue weighted by Gasteiger charge is 2.25. The van der Waals surface area contributed by atoms with Crippen LogP contribution in [0.3, 0.4) is 0 Å². The van der Waals surface area contributed by atoms with E-state index in [2.05, 4.69) is 68.0 Å². The molecule has 0 atom stereocenters. The van der Waals surface area contributed by atoms with Crippen LogP contribution in [0, 0.1) is 0 Å². The second-order valence-electron chi connectivity index (χ2n) is 22.6. The van der Waals surface area contributed by atoms with Gasteiger partial charge in [0.1, 0.15) is 0 Å². The van der Waals surface area contributed by atoms with E-state index >= 15 is 0 Å². The number of carbonyl (C=O) groups excluding carboxylic acids is 3.